The second-order valence-electron chi connectivity index (χ2n) is 10.1. The van der Waals surface area contributed by atoms with Crippen LogP contribution in [-0.4, -0.2) is 12.5 Å². The van der Waals surface area contributed by atoms with Gasteiger partial charge in [-0.25, -0.2) is 4.39 Å². The number of hydrogen-bond donors (Lipinski definition) is 1. The molecular formula is C32H44FN2O2S+. The molecule has 0 saturated carbocycles. The Balaban J connectivity index is 1.31. The van der Waals surface area contributed by atoms with Gasteiger partial charge in [0.1, 0.15) is 0 Å². The summed E-state index contributed by atoms with van der Waals surface area (Å²) in [5, 5.41) is 6.16. The number of hydrogen-bond acceptors (Lipinski definition) is 3. The number of ether oxygens (including phenoxy) is 1. The third-order valence-electron chi connectivity index (χ3n) is 6.90. The van der Waals surface area contributed by atoms with Gasteiger partial charge in [-0.15, -0.1) is 0 Å². The van der Waals surface area contributed by atoms with E-state index in [1.54, 1.807) is 23.5 Å². The first kappa shape index (κ1) is 29.8. The molecule has 0 atom stereocenters. The highest BCUT2D eigenvalue weighted by Crippen LogP contribution is 2.20. The van der Waals surface area contributed by atoms with E-state index in [2.05, 4.69) is 35.3 Å². The van der Waals surface area contributed by atoms with Gasteiger partial charge in [0.05, 0.1) is 12.0 Å². The van der Waals surface area contributed by atoms with Crippen molar-refractivity contribution < 1.29 is 18.5 Å². The number of carbonyl (C=O) groups is 1. The van der Waals surface area contributed by atoms with Gasteiger partial charge in [-0.1, -0.05) is 101 Å². The van der Waals surface area contributed by atoms with Gasteiger partial charge in [-0.05, 0) is 36.8 Å². The third-order valence-corrected chi connectivity index (χ3v) is 7.73. The molecule has 1 aromatic heterocycles. The highest BCUT2D eigenvalue weighted by Gasteiger charge is 2.12. The Kier molecular flexibility index (Phi) is 13.3. The molecule has 1 heterocycles. The zero-order valence-electron chi connectivity index (χ0n) is 23.1. The van der Waals surface area contributed by atoms with Crippen LogP contribution in [0.3, 0.4) is 0 Å². The standard InChI is InChI=1S/C32H43FN2O2S/c1-3-4-5-6-7-8-9-10-11-12-13-14-22-37-31-20-17-28(24-30(31)33)32(36)34-29-18-15-27(16-19-29)25-35-21-23-38-26(35)2/h15-21,23-24H,3-14,22,25H2,1-2H3/p+1. The van der Waals surface area contributed by atoms with Crippen LogP contribution in [-0.2, 0) is 6.54 Å². The van der Waals surface area contributed by atoms with Gasteiger partial charge < -0.3 is 10.1 Å². The minimum atomic E-state index is -0.505. The molecule has 0 bridgehead atoms. The van der Waals surface area contributed by atoms with Crippen LogP contribution >= 0.6 is 11.3 Å². The summed E-state index contributed by atoms with van der Waals surface area (Å²) in [4.78, 5) is 12.6. The highest BCUT2D eigenvalue weighted by atomic mass is 32.1. The maximum atomic E-state index is 14.6. The van der Waals surface area contributed by atoms with E-state index < -0.39 is 5.82 Å². The molecule has 0 unspecified atom stereocenters. The molecule has 2 aromatic carbocycles. The van der Waals surface area contributed by atoms with Crippen molar-refractivity contribution in [3.8, 4) is 5.75 Å². The number of rotatable bonds is 18. The number of aromatic nitrogens is 1. The van der Waals surface area contributed by atoms with Crippen molar-refractivity contribution in [1.29, 1.82) is 0 Å². The quantitative estimate of drug-likeness (QED) is 0.130. The highest BCUT2D eigenvalue weighted by molar-refractivity contribution is 7.09. The van der Waals surface area contributed by atoms with Crippen molar-refractivity contribution >= 4 is 22.9 Å². The fraction of sp³-hybridized carbons (Fsp3) is 0.500. The van der Waals surface area contributed by atoms with Gasteiger partial charge >= 0.3 is 0 Å². The van der Waals surface area contributed by atoms with Crippen LogP contribution in [0.5, 0.6) is 5.75 Å². The lowest BCUT2D eigenvalue weighted by Crippen LogP contribution is -2.34. The Morgan fingerprint density at radius 3 is 2.11 bits per heavy atom. The van der Waals surface area contributed by atoms with Gasteiger partial charge in [-0.2, -0.15) is 4.57 Å². The largest absolute Gasteiger partial charge is 0.491 e. The van der Waals surface area contributed by atoms with Gasteiger partial charge in [0.2, 0.25) is 5.01 Å². The maximum Gasteiger partial charge on any atom is 0.255 e. The monoisotopic (exact) mass is 539 g/mol. The molecule has 3 rings (SSSR count). The van der Waals surface area contributed by atoms with Crippen molar-refractivity contribution in [2.75, 3.05) is 11.9 Å². The predicted molar refractivity (Wildman–Crippen MR) is 156 cm³/mol. The number of anilines is 1. The second kappa shape index (κ2) is 17.0. The number of carbonyl (C=O) groups excluding carboxylic acids is 1. The van der Waals surface area contributed by atoms with Crippen molar-refractivity contribution in [3.63, 3.8) is 0 Å². The van der Waals surface area contributed by atoms with E-state index in [9.17, 15) is 9.18 Å². The number of unbranched alkanes of at least 4 members (excludes halogenated alkanes) is 11. The molecule has 206 valence electrons. The molecule has 0 radical (unpaired) electrons. The molecule has 3 aromatic rings. The first-order chi connectivity index (χ1) is 18.6. The number of halogens is 1. The summed E-state index contributed by atoms with van der Waals surface area (Å²) in [6.45, 7) is 5.63. The van der Waals surface area contributed by atoms with E-state index in [-0.39, 0.29) is 17.2 Å². The Morgan fingerprint density at radius 1 is 0.895 bits per heavy atom. The van der Waals surface area contributed by atoms with E-state index in [1.807, 2.05) is 24.3 Å². The fourth-order valence-corrected chi connectivity index (χ4v) is 5.18. The van der Waals surface area contributed by atoms with Crippen LogP contribution in [0.25, 0.3) is 0 Å². The lowest BCUT2D eigenvalue weighted by Gasteiger charge is -2.10. The Bertz CT molecular complexity index is 1100. The van der Waals surface area contributed by atoms with E-state index in [0.717, 1.165) is 24.9 Å². The van der Waals surface area contributed by atoms with E-state index in [1.165, 1.54) is 75.3 Å². The van der Waals surface area contributed by atoms with Crippen LogP contribution in [0, 0.1) is 12.7 Å². The maximum absolute atomic E-state index is 14.6. The zero-order valence-corrected chi connectivity index (χ0v) is 24.0. The van der Waals surface area contributed by atoms with Crippen molar-refractivity contribution in [1.82, 2.24) is 0 Å². The molecule has 1 amide bonds. The van der Waals surface area contributed by atoms with Crippen LogP contribution in [0.4, 0.5) is 10.1 Å². The number of benzene rings is 2. The van der Waals surface area contributed by atoms with Gasteiger partial charge in [-0.3, -0.25) is 4.79 Å². The summed E-state index contributed by atoms with van der Waals surface area (Å²) < 4.78 is 22.4. The lowest BCUT2D eigenvalue weighted by atomic mass is 10.1. The zero-order chi connectivity index (χ0) is 27.0. The summed E-state index contributed by atoms with van der Waals surface area (Å²) in [6, 6.07) is 12.1. The average molecular weight is 540 g/mol. The number of amides is 1. The van der Waals surface area contributed by atoms with E-state index in [4.69, 9.17) is 4.74 Å². The smallest absolute Gasteiger partial charge is 0.255 e. The van der Waals surface area contributed by atoms with E-state index >= 15 is 0 Å². The van der Waals surface area contributed by atoms with Crippen LogP contribution in [0.1, 0.15) is 105 Å². The number of aryl methyl sites for hydroxylation is 1. The Hall–Kier alpha value is -2.73. The van der Waals surface area contributed by atoms with Crippen molar-refractivity contribution in [3.05, 3.63) is 76.0 Å². The Morgan fingerprint density at radius 2 is 1.53 bits per heavy atom. The molecule has 0 aliphatic rings. The first-order valence-corrected chi connectivity index (χ1v) is 15.2. The van der Waals surface area contributed by atoms with Gasteiger partial charge in [0, 0.05) is 23.7 Å². The predicted octanol–water partition coefficient (Wildman–Crippen LogP) is 8.86. The molecule has 0 saturated heterocycles. The van der Waals surface area contributed by atoms with E-state index in [0.29, 0.717) is 12.3 Å². The minimum absolute atomic E-state index is 0.204. The molecule has 0 aliphatic heterocycles. The van der Waals surface area contributed by atoms with Crippen molar-refractivity contribution in [2.24, 2.45) is 0 Å². The molecule has 4 nitrogen and oxygen atoms in total. The summed E-state index contributed by atoms with van der Waals surface area (Å²) in [5.74, 6) is -0.641. The summed E-state index contributed by atoms with van der Waals surface area (Å²) in [5.41, 5.74) is 2.10. The SMILES string of the molecule is CCCCCCCCCCCCCCOc1ccc(C(=O)Nc2ccc(C[n+]3ccsc3C)cc2)cc1F. The molecule has 0 fully saturated rings. The molecule has 6 heteroatoms. The van der Waals surface area contributed by atoms with Gasteiger partial charge in [0.25, 0.3) is 5.91 Å². The molecule has 1 N–H and O–H groups in total. The van der Waals surface area contributed by atoms with Gasteiger partial charge in [0.15, 0.2) is 24.3 Å². The van der Waals surface area contributed by atoms with Crippen molar-refractivity contribution in [2.45, 2.75) is 97.4 Å². The number of nitrogens with one attached hydrogen (secondary N) is 1. The molecule has 0 aliphatic carbocycles. The number of nitrogens with zero attached hydrogens (tertiary/aromatic N) is 1. The van der Waals surface area contributed by atoms with Crippen LogP contribution < -0.4 is 14.6 Å². The lowest BCUT2D eigenvalue weighted by molar-refractivity contribution is -0.689. The summed E-state index contributed by atoms with van der Waals surface area (Å²) in [7, 11) is 0. The molecular weight excluding hydrogens is 495 g/mol. The molecule has 38 heavy (non-hydrogen) atoms. The molecule has 0 spiro atoms. The summed E-state index contributed by atoms with van der Waals surface area (Å²) in [6.07, 6.45) is 17.4. The summed E-state index contributed by atoms with van der Waals surface area (Å²) >= 11 is 1.71. The second-order valence-corrected chi connectivity index (χ2v) is 11.2. The van der Waals surface area contributed by atoms with Crippen LogP contribution in [0.15, 0.2) is 54.0 Å². The van der Waals surface area contributed by atoms with Crippen LogP contribution in [0.2, 0.25) is 0 Å². The third kappa shape index (κ3) is 10.6. The fourth-order valence-electron chi connectivity index (χ4n) is 4.52. The number of thiazole rings is 1. The first-order valence-electron chi connectivity index (χ1n) is 14.3. The average Bonchev–Trinajstić information content (AvgIpc) is 3.32. The topological polar surface area (TPSA) is 42.2 Å². The normalized spacial score (nSPS) is 11.0. The minimum Gasteiger partial charge on any atom is -0.491 e. The Labute approximate surface area is 232 Å².